The average Bonchev–Trinajstić information content (AvgIpc) is 2.42. The van der Waals surface area contributed by atoms with Crippen LogP contribution in [0.15, 0.2) is 29.2 Å². The van der Waals surface area contributed by atoms with Gasteiger partial charge in [-0.2, -0.15) is 0 Å². The number of amides is 1. The molecule has 1 rings (SSSR count). The van der Waals surface area contributed by atoms with Gasteiger partial charge in [-0.05, 0) is 31.9 Å². The Bertz CT molecular complexity index is 584. The molecule has 0 fully saturated rings. The maximum atomic E-state index is 12.2. The lowest BCUT2D eigenvalue weighted by molar-refractivity contribution is -0.130. The third-order valence-electron chi connectivity index (χ3n) is 3.56. The van der Waals surface area contributed by atoms with Crippen molar-refractivity contribution >= 4 is 15.9 Å². The quantitative estimate of drug-likeness (QED) is 0.836. The molecule has 0 aromatic heterocycles. The van der Waals surface area contributed by atoms with Gasteiger partial charge in [-0.1, -0.05) is 25.1 Å². The molecular weight excluding hydrogens is 288 g/mol. The number of nitrogens with one attached hydrogen (secondary N) is 1. The fourth-order valence-corrected chi connectivity index (χ4v) is 3.41. The number of benzene rings is 1. The summed E-state index contributed by atoms with van der Waals surface area (Å²) in [6, 6.07) is 6.94. The standard InChI is InChI=1S/C15H24N2O3S/c1-5-13(3)17(14(4)18)11-10-16-21(19,20)15-9-7-6-8-12(15)2/h6-9,13,16H,5,10-11H2,1-4H3. The Labute approximate surface area is 127 Å². The van der Waals surface area contributed by atoms with Gasteiger partial charge in [0.25, 0.3) is 0 Å². The summed E-state index contributed by atoms with van der Waals surface area (Å²) >= 11 is 0. The first kappa shape index (κ1) is 17.7. The smallest absolute Gasteiger partial charge is 0.240 e. The van der Waals surface area contributed by atoms with E-state index in [-0.39, 0.29) is 23.4 Å². The molecule has 0 bridgehead atoms. The van der Waals surface area contributed by atoms with Crippen LogP contribution in [0.1, 0.15) is 32.8 Å². The molecule has 0 spiro atoms. The predicted octanol–water partition coefficient (Wildman–Crippen LogP) is 1.92. The third kappa shape index (κ3) is 4.82. The average molecular weight is 312 g/mol. The van der Waals surface area contributed by atoms with E-state index in [0.717, 1.165) is 6.42 Å². The van der Waals surface area contributed by atoms with Crippen molar-refractivity contribution in [3.63, 3.8) is 0 Å². The lowest BCUT2D eigenvalue weighted by Gasteiger charge is -2.27. The van der Waals surface area contributed by atoms with E-state index in [1.54, 1.807) is 36.1 Å². The van der Waals surface area contributed by atoms with Crippen LogP contribution in [-0.4, -0.2) is 38.4 Å². The molecule has 0 saturated heterocycles. The molecule has 1 aromatic rings. The molecule has 6 heteroatoms. The van der Waals surface area contributed by atoms with E-state index in [0.29, 0.717) is 12.1 Å². The van der Waals surface area contributed by atoms with Crippen molar-refractivity contribution in [1.29, 1.82) is 0 Å². The minimum absolute atomic E-state index is 0.0422. The van der Waals surface area contributed by atoms with Gasteiger partial charge in [0.2, 0.25) is 15.9 Å². The SMILES string of the molecule is CCC(C)N(CCNS(=O)(=O)c1ccccc1C)C(C)=O. The second-order valence-corrected chi connectivity index (χ2v) is 6.87. The van der Waals surface area contributed by atoms with Crippen LogP contribution in [0.5, 0.6) is 0 Å². The molecule has 0 heterocycles. The number of carbonyl (C=O) groups is 1. The molecule has 1 amide bonds. The van der Waals surface area contributed by atoms with Gasteiger partial charge < -0.3 is 4.90 Å². The predicted molar refractivity (Wildman–Crippen MR) is 83.5 cm³/mol. The van der Waals surface area contributed by atoms with Crippen molar-refractivity contribution in [2.45, 2.75) is 45.1 Å². The highest BCUT2D eigenvalue weighted by Crippen LogP contribution is 2.13. The molecule has 0 aliphatic heterocycles. The van der Waals surface area contributed by atoms with E-state index >= 15 is 0 Å². The molecule has 0 aliphatic rings. The second kappa shape index (κ2) is 7.56. The van der Waals surface area contributed by atoms with Crippen molar-refractivity contribution in [2.24, 2.45) is 0 Å². The summed E-state index contributed by atoms with van der Waals surface area (Å²) < 4.78 is 27.0. The van der Waals surface area contributed by atoms with Gasteiger partial charge in [0, 0.05) is 26.1 Å². The summed E-state index contributed by atoms with van der Waals surface area (Å²) in [5.41, 5.74) is 0.704. The van der Waals surface area contributed by atoms with Gasteiger partial charge in [-0.25, -0.2) is 13.1 Å². The molecule has 1 N–H and O–H groups in total. The molecule has 0 aliphatic carbocycles. The Kier molecular flexibility index (Phi) is 6.36. The normalized spacial score (nSPS) is 13.0. The largest absolute Gasteiger partial charge is 0.339 e. The van der Waals surface area contributed by atoms with Crippen LogP contribution in [0.3, 0.4) is 0 Å². The zero-order chi connectivity index (χ0) is 16.0. The van der Waals surface area contributed by atoms with E-state index in [9.17, 15) is 13.2 Å². The lowest BCUT2D eigenvalue weighted by atomic mass is 10.2. The number of rotatable bonds is 7. The molecule has 0 saturated carbocycles. The Morgan fingerprint density at radius 3 is 2.48 bits per heavy atom. The lowest BCUT2D eigenvalue weighted by Crippen LogP contribution is -2.42. The molecule has 0 radical (unpaired) electrons. The van der Waals surface area contributed by atoms with Crippen LogP contribution in [0, 0.1) is 6.92 Å². The van der Waals surface area contributed by atoms with Crippen LogP contribution in [-0.2, 0) is 14.8 Å². The molecule has 118 valence electrons. The fourth-order valence-electron chi connectivity index (χ4n) is 2.14. The summed E-state index contributed by atoms with van der Waals surface area (Å²) in [5, 5.41) is 0. The number of aryl methyl sites for hydroxylation is 1. The first-order valence-corrected chi connectivity index (χ1v) is 8.60. The van der Waals surface area contributed by atoms with Gasteiger partial charge in [-0.3, -0.25) is 4.79 Å². The monoisotopic (exact) mass is 312 g/mol. The van der Waals surface area contributed by atoms with E-state index in [2.05, 4.69) is 4.72 Å². The van der Waals surface area contributed by atoms with E-state index in [4.69, 9.17) is 0 Å². The first-order chi connectivity index (χ1) is 9.79. The number of nitrogens with zero attached hydrogens (tertiary/aromatic N) is 1. The molecular formula is C15H24N2O3S. The highest BCUT2D eigenvalue weighted by Gasteiger charge is 2.18. The molecule has 5 nitrogen and oxygen atoms in total. The van der Waals surface area contributed by atoms with Crippen LogP contribution in [0.2, 0.25) is 0 Å². The fraction of sp³-hybridized carbons (Fsp3) is 0.533. The van der Waals surface area contributed by atoms with Gasteiger partial charge in [0.1, 0.15) is 0 Å². The van der Waals surface area contributed by atoms with Crippen molar-refractivity contribution < 1.29 is 13.2 Å². The molecule has 1 atom stereocenters. The Morgan fingerprint density at radius 1 is 1.33 bits per heavy atom. The number of hydrogen-bond acceptors (Lipinski definition) is 3. The Hall–Kier alpha value is -1.40. The van der Waals surface area contributed by atoms with E-state index < -0.39 is 10.0 Å². The number of carbonyl (C=O) groups excluding carboxylic acids is 1. The second-order valence-electron chi connectivity index (χ2n) is 5.13. The van der Waals surface area contributed by atoms with Crippen LogP contribution in [0.25, 0.3) is 0 Å². The summed E-state index contributed by atoms with van der Waals surface area (Å²) in [5.74, 6) is -0.0422. The molecule has 21 heavy (non-hydrogen) atoms. The topological polar surface area (TPSA) is 66.5 Å². The van der Waals surface area contributed by atoms with Crippen molar-refractivity contribution in [3.8, 4) is 0 Å². The molecule has 1 aromatic carbocycles. The summed E-state index contributed by atoms with van der Waals surface area (Å²) in [6.07, 6.45) is 0.837. The number of sulfonamides is 1. The Balaban J connectivity index is 2.70. The first-order valence-electron chi connectivity index (χ1n) is 7.12. The van der Waals surface area contributed by atoms with Gasteiger partial charge in [0.15, 0.2) is 0 Å². The summed E-state index contributed by atoms with van der Waals surface area (Å²) in [7, 11) is -3.53. The van der Waals surface area contributed by atoms with E-state index in [1.807, 2.05) is 13.8 Å². The Morgan fingerprint density at radius 2 is 1.95 bits per heavy atom. The van der Waals surface area contributed by atoms with Gasteiger partial charge in [-0.15, -0.1) is 0 Å². The van der Waals surface area contributed by atoms with Gasteiger partial charge in [0.05, 0.1) is 4.90 Å². The zero-order valence-electron chi connectivity index (χ0n) is 13.1. The highest BCUT2D eigenvalue weighted by molar-refractivity contribution is 7.89. The van der Waals surface area contributed by atoms with E-state index in [1.165, 1.54) is 6.92 Å². The van der Waals surface area contributed by atoms with Crippen molar-refractivity contribution in [3.05, 3.63) is 29.8 Å². The minimum Gasteiger partial charge on any atom is -0.339 e. The zero-order valence-corrected chi connectivity index (χ0v) is 13.9. The van der Waals surface area contributed by atoms with Crippen LogP contribution in [0.4, 0.5) is 0 Å². The third-order valence-corrected chi connectivity index (χ3v) is 5.18. The van der Waals surface area contributed by atoms with Crippen molar-refractivity contribution in [1.82, 2.24) is 9.62 Å². The highest BCUT2D eigenvalue weighted by atomic mass is 32.2. The number of hydrogen-bond donors (Lipinski definition) is 1. The minimum atomic E-state index is -3.53. The van der Waals surface area contributed by atoms with Crippen LogP contribution >= 0.6 is 0 Å². The van der Waals surface area contributed by atoms with Crippen molar-refractivity contribution in [2.75, 3.05) is 13.1 Å². The maximum Gasteiger partial charge on any atom is 0.240 e. The molecule has 1 unspecified atom stereocenters. The maximum absolute atomic E-state index is 12.2. The summed E-state index contributed by atoms with van der Waals surface area (Å²) in [4.78, 5) is 13.5. The summed E-state index contributed by atoms with van der Waals surface area (Å²) in [6.45, 7) is 7.79. The van der Waals surface area contributed by atoms with Crippen LogP contribution < -0.4 is 4.72 Å². The van der Waals surface area contributed by atoms with Gasteiger partial charge >= 0.3 is 0 Å².